The molecule has 1 aliphatic rings. The number of amides is 1. The predicted molar refractivity (Wildman–Crippen MR) is 93.5 cm³/mol. The van der Waals surface area contributed by atoms with Crippen molar-refractivity contribution in [2.75, 3.05) is 13.7 Å². The second-order valence-corrected chi connectivity index (χ2v) is 6.90. The number of hydrogen-bond acceptors (Lipinski definition) is 4. The van der Waals surface area contributed by atoms with Crippen molar-refractivity contribution in [1.82, 2.24) is 14.3 Å². The zero-order valence-corrected chi connectivity index (χ0v) is 14.3. The Bertz CT molecular complexity index is 841. The highest BCUT2D eigenvalue weighted by Crippen LogP contribution is 2.33. The normalized spacial score (nSPS) is 17.5. The lowest BCUT2D eigenvalue weighted by Gasteiger charge is -2.25. The van der Waals surface area contributed by atoms with E-state index in [1.54, 1.807) is 18.4 Å². The molecule has 0 unspecified atom stereocenters. The quantitative estimate of drug-likeness (QED) is 0.731. The summed E-state index contributed by atoms with van der Waals surface area (Å²) < 4.78 is 7.28. The number of carbonyl (C=O) groups excluding carboxylic acids is 1. The second kappa shape index (κ2) is 6.28. The Hall–Kier alpha value is -2.34. The zero-order chi connectivity index (χ0) is 16.5. The van der Waals surface area contributed by atoms with Crippen LogP contribution in [0.15, 0.2) is 42.0 Å². The number of methoxy groups -OCH3 is 1. The van der Waals surface area contributed by atoms with Gasteiger partial charge in [-0.05, 0) is 30.5 Å². The number of imidazole rings is 1. The van der Waals surface area contributed by atoms with Gasteiger partial charge in [-0.3, -0.25) is 9.20 Å². The van der Waals surface area contributed by atoms with E-state index < -0.39 is 0 Å². The van der Waals surface area contributed by atoms with Gasteiger partial charge in [-0.2, -0.15) is 0 Å². The van der Waals surface area contributed by atoms with Gasteiger partial charge in [0.2, 0.25) is 5.91 Å². The van der Waals surface area contributed by atoms with Crippen LogP contribution < -0.4 is 4.74 Å². The average Bonchev–Trinajstić information content (AvgIpc) is 3.30. The smallest absolute Gasteiger partial charge is 0.229 e. The van der Waals surface area contributed by atoms with Crippen LogP contribution in [0.25, 0.3) is 4.96 Å². The molecule has 1 atom stereocenters. The van der Waals surface area contributed by atoms with Gasteiger partial charge in [-0.1, -0.05) is 12.1 Å². The molecule has 5 nitrogen and oxygen atoms in total. The molecule has 1 aliphatic heterocycles. The third-order valence-corrected chi connectivity index (χ3v) is 5.30. The summed E-state index contributed by atoms with van der Waals surface area (Å²) in [4.78, 5) is 20.2. The van der Waals surface area contributed by atoms with Crippen LogP contribution >= 0.6 is 11.3 Å². The molecule has 3 aromatic rings. The number of nitrogens with zero attached hydrogens (tertiary/aromatic N) is 3. The van der Waals surface area contributed by atoms with Crippen LogP contribution in [0, 0.1) is 0 Å². The van der Waals surface area contributed by atoms with Crippen molar-refractivity contribution in [3.63, 3.8) is 0 Å². The molecule has 3 heterocycles. The van der Waals surface area contributed by atoms with E-state index in [9.17, 15) is 4.79 Å². The Labute approximate surface area is 144 Å². The number of fused-ring (bicyclic) bond motifs is 1. The van der Waals surface area contributed by atoms with Crippen LogP contribution in [0.5, 0.6) is 5.75 Å². The number of thiazole rings is 1. The number of ether oxygens (including phenoxy) is 1. The van der Waals surface area contributed by atoms with E-state index in [4.69, 9.17) is 4.74 Å². The topological polar surface area (TPSA) is 46.8 Å². The van der Waals surface area contributed by atoms with E-state index in [0.717, 1.165) is 41.4 Å². The summed E-state index contributed by atoms with van der Waals surface area (Å²) in [5.41, 5.74) is 1.98. The number of benzene rings is 1. The minimum atomic E-state index is 0.135. The number of hydrogen-bond donors (Lipinski definition) is 0. The summed E-state index contributed by atoms with van der Waals surface area (Å²) >= 11 is 1.58. The Morgan fingerprint density at radius 3 is 3.21 bits per heavy atom. The van der Waals surface area contributed by atoms with E-state index in [1.165, 1.54) is 0 Å². The van der Waals surface area contributed by atoms with Gasteiger partial charge in [-0.25, -0.2) is 4.98 Å². The van der Waals surface area contributed by atoms with Crippen LogP contribution in [0.2, 0.25) is 0 Å². The molecule has 1 amide bonds. The maximum atomic E-state index is 12.8. The highest BCUT2D eigenvalue weighted by Gasteiger charge is 2.30. The summed E-state index contributed by atoms with van der Waals surface area (Å²) in [5, 5.41) is 1.99. The number of aromatic nitrogens is 2. The Morgan fingerprint density at radius 1 is 1.46 bits per heavy atom. The van der Waals surface area contributed by atoms with Gasteiger partial charge in [0.15, 0.2) is 4.96 Å². The minimum Gasteiger partial charge on any atom is -0.497 e. The van der Waals surface area contributed by atoms with Crippen molar-refractivity contribution in [3.05, 3.63) is 53.3 Å². The maximum absolute atomic E-state index is 12.8. The molecule has 1 aromatic carbocycles. The van der Waals surface area contributed by atoms with Gasteiger partial charge >= 0.3 is 0 Å². The van der Waals surface area contributed by atoms with E-state index in [-0.39, 0.29) is 11.9 Å². The van der Waals surface area contributed by atoms with Crippen LogP contribution in [0.3, 0.4) is 0 Å². The van der Waals surface area contributed by atoms with Crippen LogP contribution in [0.4, 0.5) is 0 Å². The summed E-state index contributed by atoms with van der Waals surface area (Å²) in [6, 6.07) is 8.16. The molecule has 1 fully saturated rings. The van der Waals surface area contributed by atoms with E-state index >= 15 is 0 Å². The number of rotatable bonds is 4. The Balaban J connectivity index is 1.53. The summed E-state index contributed by atoms with van der Waals surface area (Å²) in [7, 11) is 1.67. The largest absolute Gasteiger partial charge is 0.497 e. The first-order valence-electron chi connectivity index (χ1n) is 8.09. The third kappa shape index (κ3) is 2.78. The summed E-state index contributed by atoms with van der Waals surface area (Å²) in [5.74, 6) is 0.979. The van der Waals surface area contributed by atoms with Gasteiger partial charge in [0.1, 0.15) is 5.75 Å². The molecule has 6 heteroatoms. The fraction of sp³-hybridized carbons (Fsp3) is 0.333. The minimum absolute atomic E-state index is 0.135. The molecule has 0 N–H and O–H groups in total. The van der Waals surface area contributed by atoms with E-state index in [2.05, 4.69) is 11.1 Å². The maximum Gasteiger partial charge on any atom is 0.229 e. The molecule has 0 bridgehead atoms. The van der Waals surface area contributed by atoms with E-state index in [1.807, 2.05) is 45.3 Å². The molecule has 1 saturated heterocycles. The van der Waals surface area contributed by atoms with Crippen molar-refractivity contribution in [1.29, 1.82) is 0 Å². The number of likely N-dealkylation sites (tertiary alicyclic amines) is 1. The molecule has 0 spiro atoms. The number of carbonyl (C=O) groups is 1. The summed E-state index contributed by atoms with van der Waals surface area (Å²) in [6.45, 7) is 0.808. The van der Waals surface area contributed by atoms with Crippen LogP contribution in [0.1, 0.15) is 30.1 Å². The molecule has 4 rings (SSSR count). The molecule has 124 valence electrons. The zero-order valence-electron chi connectivity index (χ0n) is 13.5. The van der Waals surface area contributed by atoms with Crippen molar-refractivity contribution >= 4 is 22.2 Å². The Morgan fingerprint density at radius 2 is 2.38 bits per heavy atom. The van der Waals surface area contributed by atoms with Gasteiger partial charge in [0.25, 0.3) is 0 Å². The van der Waals surface area contributed by atoms with Crippen LogP contribution in [-0.4, -0.2) is 33.8 Å². The van der Waals surface area contributed by atoms with Crippen molar-refractivity contribution in [3.8, 4) is 5.75 Å². The average molecular weight is 341 g/mol. The van der Waals surface area contributed by atoms with Crippen molar-refractivity contribution < 1.29 is 9.53 Å². The lowest BCUT2D eigenvalue weighted by molar-refractivity contribution is -0.131. The van der Waals surface area contributed by atoms with Gasteiger partial charge in [-0.15, -0.1) is 11.3 Å². The standard InChI is InChI=1S/C18H19N3O2S/c1-23-15-5-2-4-13(10-15)16-6-3-7-21(16)17(22)11-14-12-20-8-9-24-18(20)19-14/h2,4-5,8-10,12,16H,3,6-7,11H2,1H3/t16-/m1/s1. The van der Waals surface area contributed by atoms with E-state index in [0.29, 0.717) is 6.42 Å². The Kier molecular flexibility index (Phi) is 3.98. The molecule has 0 radical (unpaired) electrons. The molecule has 0 saturated carbocycles. The van der Waals surface area contributed by atoms with Gasteiger partial charge in [0.05, 0.1) is 25.3 Å². The first-order chi connectivity index (χ1) is 11.7. The molecular weight excluding hydrogens is 322 g/mol. The highest BCUT2D eigenvalue weighted by atomic mass is 32.1. The van der Waals surface area contributed by atoms with Crippen molar-refractivity contribution in [2.24, 2.45) is 0 Å². The predicted octanol–water partition coefficient (Wildman–Crippen LogP) is 3.31. The highest BCUT2D eigenvalue weighted by molar-refractivity contribution is 7.15. The monoisotopic (exact) mass is 341 g/mol. The first-order valence-corrected chi connectivity index (χ1v) is 8.97. The summed E-state index contributed by atoms with van der Waals surface area (Å²) in [6.07, 6.45) is 6.30. The first kappa shape index (κ1) is 15.2. The molecule has 24 heavy (non-hydrogen) atoms. The molecular formula is C18H19N3O2S. The fourth-order valence-electron chi connectivity index (χ4n) is 3.38. The van der Waals surface area contributed by atoms with Crippen molar-refractivity contribution in [2.45, 2.75) is 25.3 Å². The molecule has 2 aromatic heterocycles. The third-order valence-electron chi connectivity index (χ3n) is 4.53. The second-order valence-electron chi connectivity index (χ2n) is 6.02. The fourth-order valence-corrected chi connectivity index (χ4v) is 4.10. The molecule has 0 aliphatic carbocycles. The van der Waals surface area contributed by atoms with Crippen LogP contribution in [-0.2, 0) is 11.2 Å². The van der Waals surface area contributed by atoms with Gasteiger partial charge < -0.3 is 9.64 Å². The lowest BCUT2D eigenvalue weighted by Crippen LogP contribution is -2.31. The lowest BCUT2D eigenvalue weighted by atomic mass is 10.0. The SMILES string of the molecule is COc1cccc([C@H]2CCCN2C(=O)Cc2cn3ccsc3n2)c1. The van der Waals surface area contributed by atoms with Gasteiger partial charge in [0, 0.05) is 24.3 Å².